The van der Waals surface area contributed by atoms with Gasteiger partial charge in [0.2, 0.25) is 0 Å². The Hall–Kier alpha value is -2.34. The van der Waals surface area contributed by atoms with Gasteiger partial charge in [-0.15, -0.1) is 0 Å². The minimum absolute atomic E-state index is 0.194. The van der Waals surface area contributed by atoms with Crippen LogP contribution in [0.4, 0.5) is 5.69 Å². The molecule has 5 nitrogen and oxygen atoms in total. The number of methoxy groups -OCH3 is 1. The Bertz CT molecular complexity index is 777. The van der Waals surface area contributed by atoms with Gasteiger partial charge in [-0.3, -0.25) is 0 Å². The number of nitrogens with one attached hydrogen (secondary N) is 3. The fourth-order valence-corrected chi connectivity index (χ4v) is 2.49. The number of aromatic amines is 2. The number of aromatic nitrogens is 2. The van der Waals surface area contributed by atoms with Crippen LogP contribution in [0.15, 0.2) is 52.2 Å². The zero-order valence-corrected chi connectivity index (χ0v) is 11.6. The summed E-state index contributed by atoms with van der Waals surface area (Å²) in [6, 6.07) is 13.5. The van der Waals surface area contributed by atoms with E-state index < -0.39 is 0 Å². The largest absolute Gasteiger partial charge is 0.497 e. The van der Waals surface area contributed by atoms with Crippen molar-refractivity contribution in [3.8, 4) is 5.75 Å². The molecule has 0 fully saturated rings. The van der Waals surface area contributed by atoms with E-state index in [4.69, 9.17) is 4.74 Å². The van der Waals surface area contributed by atoms with Crippen LogP contribution in [0.2, 0.25) is 0 Å². The lowest BCUT2D eigenvalue weighted by molar-refractivity contribution is 0.414. The molecule has 0 saturated carbocycles. The minimum atomic E-state index is -0.194. The van der Waals surface area contributed by atoms with E-state index in [9.17, 15) is 4.79 Å². The van der Waals surface area contributed by atoms with Crippen LogP contribution in [0.3, 0.4) is 0 Å². The molecule has 3 N–H and O–H groups in total. The van der Waals surface area contributed by atoms with Gasteiger partial charge in [0.25, 0.3) is 0 Å². The van der Waals surface area contributed by atoms with E-state index in [0.29, 0.717) is 0 Å². The normalized spacial score (nSPS) is 10.7. The van der Waals surface area contributed by atoms with Gasteiger partial charge in [0.15, 0.2) is 0 Å². The second-order valence-electron chi connectivity index (χ2n) is 4.22. The van der Waals surface area contributed by atoms with Crippen LogP contribution in [-0.4, -0.2) is 17.1 Å². The van der Waals surface area contributed by atoms with Crippen LogP contribution in [0, 0.1) is 0 Å². The first-order valence-corrected chi connectivity index (χ1v) is 6.85. The van der Waals surface area contributed by atoms with E-state index in [2.05, 4.69) is 14.7 Å². The van der Waals surface area contributed by atoms with Crippen molar-refractivity contribution in [1.29, 1.82) is 0 Å². The smallest absolute Gasteiger partial charge is 0.323 e. The predicted octanol–water partition coefficient (Wildman–Crippen LogP) is 2.98. The van der Waals surface area contributed by atoms with Crippen LogP contribution < -0.4 is 15.1 Å². The third-order valence-corrected chi connectivity index (χ3v) is 3.71. The lowest BCUT2D eigenvalue weighted by Crippen LogP contribution is -1.99. The summed E-state index contributed by atoms with van der Waals surface area (Å²) < 4.78 is 8.36. The molecule has 20 heavy (non-hydrogen) atoms. The van der Waals surface area contributed by atoms with Crippen LogP contribution in [0.5, 0.6) is 5.75 Å². The van der Waals surface area contributed by atoms with E-state index in [-0.39, 0.29) is 5.69 Å². The maximum absolute atomic E-state index is 11.2. The molecule has 0 spiro atoms. The molecule has 1 aromatic heterocycles. The summed E-state index contributed by atoms with van der Waals surface area (Å²) in [7, 11) is 1.65. The van der Waals surface area contributed by atoms with E-state index in [1.54, 1.807) is 7.11 Å². The summed E-state index contributed by atoms with van der Waals surface area (Å²) in [4.78, 5) is 17.7. The number of imidazole rings is 1. The first-order valence-electron chi connectivity index (χ1n) is 6.03. The first kappa shape index (κ1) is 12.7. The summed E-state index contributed by atoms with van der Waals surface area (Å²) in [5, 5.41) is 0. The SMILES string of the molecule is COc1ccc(SNc2ccc3[nH]c(=O)[nH]c3c2)cc1. The van der Waals surface area contributed by atoms with E-state index in [1.807, 2.05) is 42.5 Å². The predicted molar refractivity (Wildman–Crippen MR) is 81.4 cm³/mol. The zero-order valence-electron chi connectivity index (χ0n) is 10.8. The van der Waals surface area contributed by atoms with Crippen molar-refractivity contribution < 1.29 is 4.74 Å². The Balaban J connectivity index is 1.73. The summed E-state index contributed by atoms with van der Waals surface area (Å²) in [6.45, 7) is 0. The highest BCUT2D eigenvalue weighted by Crippen LogP contribution is 2.24. The molecule has 3 rings (SSSR count). The molecule has 0 atom stereocenters. The summed E-state index contributed by atoms with van der Waals surface area (Å²) >= 11 is 1.50. The van der Waals surface area contributed by atoms with Crippen molar-refractivity contribution in [3.05, 3.63) is 52.9 Å². The molecule has 0 amide bonds. The van der Waals surface area contributed by atoms with Crippen molar-refractivity contribution in [2.75, 3.05) is 11.8 Å². The van der Waals surface area contributed by atoms with Gasteiger partial charge in [0.1, 0.15) is 5.75 Å². The Kier molecular flexibility index (Phi) is 3.39. The van der Waals surface area contributed by atoms with Crippen LogP contribution in [0.25, 0.3) is 11.0 Å². The van der Waals surface area contributed by atoms with Crippen molar-refractivity contribution in [2.45, 2.75) is 4.90 Å². The number of hydrogen-bond acceptors (Lipinski definition) is 4. The molecule has 3 aromatic rings. The second kappa shape index (κ2) is 5.34. The average molecular weight is 287 g/mol. The molecule has 0 radical (unpaired) electrons. The highest BCUT2D eigenvalue weighted by Gasteiger charge is 2.01. The Morgan fingerprint density at radius 3 is 2.55 bits per heavy atom. The number of fused-ring (bicyclic) bond motifs is 1. The van der Waals surface area contributed by atoms with Crippen LogP contribution in [-0.2, 0) is 0 Å². The monoisotopic (exact) mass is 287 g/mol. The number of benzene rings is 2. The molecular weight excluding hydrogens is 274 g/mol. The van der Waals surface area contributed by atoms with Crippen LogP contribution >= 0.6 is 11.9 Å². The van der Waals surface area contributed by atoms with Crippen LogP contribution in [0.1, 0.15) is 0 Å². The van der Waals surface area contributed by atoms with E-state index >= 15 is 0 Å². The van der Waals surface area contributed by atoms with Crippen molar-refractivity contribution in [2.24, 2.45) is 0 Å². The average Bonchev–Trinajstić information content (AvgIpc) is 2.85. The Morgan fingerprint density at radius 1 is 1.05 bits per heavy atom. The van der Waals surface area contributed by atoms with Gasteiger partial charge >= 0.3 is 5.69 Å². The molecule has 102 valence electrons. The van der Waals surface area contributed by atoms with Gasteiger partial charge in [-0.25, -0.2) is 4.79 Å². The number of rotatable bonds is 4. The number of H-pyrrole nitrogens is 2. The van der Waals surface area contributed by atoms with E-state index in [1.165, 1.54) is 11.9 Å². The molecule has 1 heterocycles. The van der Waals surface area contributed by atoms with Gasteiger partial charge in [-0.05, 0) is 54.4 Å². The van der Waals surface area contributed by atoms with Gasteiger partial charge < -0.3 is 19.4 Å². The Labute approximate surface area is 119 Å². The van der Waals surface area contributed by atoms with E-state index in [0.717, 1.165) is 27.4 Å². The fraction of sp³-hybridized carbons (Fsp3) is 0.0714. The maximum atomic E-state index is 11.2. The second-order valence-corrected chi connectivity index (χ2v) is 5.10. The molecule has 0 aliphatic rings. The van der Waals surface area contributed by atoms with Crippen molar-refractivity contribution in [1.82, 2.24) is 9.97 Å². The van der Waals surface area contributed by atoms with Gasteiger partial charge in [0, 0.05) is 10.6 Å². The molecule has 0 aliphatic carbocycles. The molecule has 0 unspecified atom stereocenters. The van der Waals surface area contributed by atoms with Crippen molar-refractivity contribution in [3.63, 3.8) is 0 Å². The minimum Gasteiger partial charge on any atom is -0.497 e. The summed E-state index contributed by atoms with van der Waals surface area (Å²) in [5.74, 6) is 0.834. The quantitative estimate of drug-likeness (QED) is 0.645. The standard InChI is InChI=1S/C14H13N3O2S/c1-19-10-3-5-11(6-4-10)20-17-9-2-7-12-13(8-9)16-14(18)15-12/h2-8,17H,1H3,(H2,15,16,18). The number of hydrogen-bond donors (Lipinski definition) is 3. The fourth-order valence-electron chi connectivity index (χ4n) is 1.86. The topological polar surface area (TPSA) is 69.9 Å². The van der Waals surface area contributed by atoms with Gasteiger partial charge in [-0.2, -0.15) is 0 Å². The first-order chi connectivity index (χ1) is 9.74. The molecule has 0 aliphatic heterocycles. The molecule has 6 heteroatoms. The lowest BCUT2D eigenvalue weighted by atomic mass is 10.3. The number of anilines is 1. The van der Waals surface area contributed by atoms with Gasteiger partial charge in [-0.1, -0.05) is 0 Å². The third kappa shape index (κ3) is 2.65. The molecule has 0 bridgehead atoms. The third-order valence-electron chi connectivity index (χ3n) is 2.86. The van der Waals surface area contributed by atoms with Crippen molar-refractivity contribution >= 4 is 28.7 Å². The number of ether oxygens (including phenoxy) is 1. The van der Waals surface area contributed by atoms with Gasteiger partial charge in [0.05, 0.1) is 18.1 Å². The molecular formula is C14H13N3O2S. The summed E-state index contributed by atoms with van der Waals surface area (Å²) in [5.41, 5.74) is 2.32. The maximum Gasteiger partial charge on any atom is 0.323 e. The zero-order chi connectivity index (χ0) is 13.9. The molecule has 0 saturated heterocycles. The molecule has 2 aromatic carbocycles. The highest BCUT2D eigenvalue weighted by molar-refractivity contribution is 8.00. The highest BCUT2D eigenvalue weighted by atomic mass is 32.2. The summed E-state index contributed by atoms with van der Waals surface area (Å²) in [6.07, 6.45) is 0. The Morgan fingerprint density at radius 2 is 1.80 bits per heavy atom. The lowest BCUT2D eigenvalue weighted by Gasteiger charge is -2.06.